The summed E-state index contributed by atoms with van der Waals surface area (Å²) in [5.74, 6) is 1.73. The minimum atomic E-state index is -0.229. The van der Waals surface area contributed by atoms with Gasteiger partial charge in [0.25, 0.3) is 0 Å². The molecule has 0 saturated heterocycles. The van der Waals surface area contributed by atoms with Crippen molar-refractivity contribution in [1.82, 2.24) is 10.1 Å². The zero-order valence-corrected chi connectivity index (χ0v) is 11.5. The predicted molar refractivity (Wildman–Crippen MR) is 72.2 cm³/mol. The van der Waals surface area contributed by atoms with Crippen molar-refractivity contribution in [2.45, 2.75) is 24.0 Å². The van der Waals surface area contributed by atoms with E-state index in [1.165, 1.54) is 17.8 Å². The van der Waals surface area contributed by atoms with Gasteiger partial charge >= 0.3 is 0 Å². The van der Waals surface area contributed by atoms with Crippen molar-refractivity contribution in [3.8, 4) is 0 Å². The highest BCUT2D eigenvalue weighted by Gasteiger charge is 2.11. The molecule has 0 aliphatic carbocycles. The van der Waals surface area contributed by atoms with Crippen LogP contribution in [-0.4, -0.2) is 16.7 Å². The van der Waals surface area contributed by atoms with Gasteiger partial charge in [-0.3, -0.25) is 0 Å². The Hall–Kier alpha value is -1.40. The maximum Gasteiger partial charge on any atom is 0.226 e. The number of aromatic nitrogens is 2. The lowest BCUT2D eigenvalue weighted by atomic mass is 10.1. The van der Waals surface area contributed by atoms with Gasteiger partial charge in [-0.2, -0.15) is 4.98 Å². The second-order valence-corrected chi connectivity index (χ2v) is 5.39. The summed E-state index contributed by atoms with van der Waals surface area (Å²) in [6.07, 6.45) is 0.674. The summed E-state index contributed by atoms with van der Waals surface area (Å²) in [6.45, 7) is 2.61. The van der Waals surface area contributed by atoms with Gasteiger partial charge in [0.15, 0.2) is 5.82 Å². The van der Waals surface area contributed by atoms with E-state index in [1.54, 1.807) is 18.2 Å². The van der Waals surface area contributed by atoms with Gasteiger partial charge in [-0.15, -0.1) is 11.8 Å². The van der Waals surface area contributed by atoms with Gasteiger partial charge in [0.05, 0.1) is 5.75 Å². The predicted octanol–water partition coefficient (Wildman–Crippen LogP) is 2.64. The van der Waals surface area contributed by atoms with Crippen molar-refractivity contribution in [2.75, 3.05) is 6.54 Å². The molecule has 2 aromatic rings. The number of hydrogen-bond acceptors (Lipinski definition) is 5. The van der Waals surface area contributed by atoms with E-state index in [1.807, 2.05) is 6.92 Å². The molecular formula is C13H16FN3OS. The molecule has 0 bridgehead atoms. The van der Waals surface area contributed by atoms with E-state index in [0.29, 0.717) is 41.2 Å². The first-order valence-electron chi connectivity index (χ1n) is 6.08. The van der Waals surface area contributed by atoms with Crippen LogP contribution in [0.15, 0.2) is 33.7 Å². The highest BCUT2D eigenvalue weighted by atomic mass is 32.2. The Kier molecular flexibility index (Phi) is 4.93. The molecule has 6 heteroatoms. The van der Waals surface area contributed by atoms with Crippen LogP contribution in [0.2, 0.25) is 0 Å². The van der Waals surface area contributed by atoms with E-state index in [9.17, 15) is 4.39 Å². The van der Waals surface area contributed by atoms with Crippen molar-refractivity contribution in [2.24, 2.45) is 11.7 Å². The van der Waals surface area contributed by atoms with E-state index in [2.05, 4.69) is 10.1 Å². The van der Waals surface area contributed by atoms with Gasteiger partial charge in [-0.05, 0) is 24.6 Å². The minimum absolute atomic E-state index is 0.229. The van der Waals surface area contributed by atoms with Crippen LogP contribution in [0.4, 0.5) is 4.39 Å². The molecule has 2 N–H and O–H groups in total. The maximum absolute atomic E-state index is 13.4. The Morgan fingerprint density at radius 2 is 2.21 bits per heavy atom. The maximum atomic E-state index is 13.4. The molecule has 2 rings (SSSR count). The molecule has 0 saturated carbocycles. The van der Waals surface area contributed by atoms with Crippen molar-refractivity contribution in [3.63, 3.8) is 0 Å². The molecule has 0 amide bonds. The molecule has 1 aromatic carbocycles. The number of hydrogen-bond donors (Lipinski definition) is 1. The zero-order valence-electron chi connectivity index (χ0n) is 10.7. The third-order valence-electron chi connectivity index (χ3n) is 2.63. The standard InChI is InChI=1S/C13H16FN3OS/c1-9(7-15)6-13-16-12(17-18-13)8-19-11-5-3-2-4-10(11)14/h2-5,9H,6-8,15H2,1H3. The summed E-state index contributed by atoms with van der Waals surface area (Å²) in [5, 5.41) is 3.88. The molecule has 1 heterocycles. The lowest BCUT2D eigenvalue weighted by Crippen LogP contribution is -2.13. The summed E-state index contributed by atoms with van der Waals surface area (Å²) in [4.78, 5) is 4.85. The quantitative estimate of drug-likeness (QED) is 0.825. The number of halogens is 1. The minimum Gasteiger partial charge on any atom is -0.339 e. The highest BCUT2D eigenvalue weighted by molar-refractivity contribution is 7.98. The van der Waals surface area contributed by atoms with Crippen LogP contribution in [0, 0.1) is 11.7 Å². The third-order valence-corrected chi connectivity index (χ3v) is 3.67. The smallest absolute Gasteiger partial charge is 0.226 e. The van der Waals surface area contributed by atoms with Gasteiger partial charge in [0.2, 0.25) is 5.89 Å². The van der Waals surface area contributed by atoms with Crippen molar-refractivity contribution in [3.05, 3.63) is 41.8 Å². The number of rotatable bonds is 6. The average Bonchev–Trinajstić information content (AvgIpc) is 2.85. The molecule has 0 radical (unpaired) electrons. The number of nitrogens with zero attached hydrogens (tertiary/aromatic N) is 2. The van der Waals surface area contributed by atoms with E-state index >= 15 is 0 Å². The summed E-state index contributed by atoms with van der Waals surface area (Å²) in [5.41, 5.74) is 5.54. The molecule has 19 heavy (non-hydrogen) atoms. The molecule has 102 valence electrons. The van der Waals surface area contributed by atoms with Crippen LogP contribution in [-0.2, 0) is 12.2 Å². The largest absolute Gasteiger partial charge is 0.339 e. The summed E-state index contributed by atoms with van der Waals surface area (Å²) < 4.78 is 18.5. The summed E-state index contributed by atoms with van der Waals surface area (Å²) in [6, 6.07) is 6.64. The van der Waals surface area contributed by atoms with Gasteiger partial charge in [0, 0.05) is 11.3 Å². The van der Waals surface area contributed by atoms with E-state index < -0.39 is 0 Å². The topological polar surface area (TPSA) is 64.9 Å². The van der Waals surface area contributed by atoms with Gasteiger partial charge < -0.3 is 10.3 Å². The molecule has 0 aliphatic heterocycles. The lowest BCUT2D eigenvalue weighted by Gasteiger charge is -2.02. The van der Waals surface area contributed by atoms with Crippen molar-refractivity contribution >= 4 is 11.8 Å². The first-order chi connectivity index (χ1) is 9.19. The Bertz CT molecular complexity index is 532. The first kappa shape index (κ1) is 14.0. The second kappa shape index (κ2) is 6.68. The molecular weight excluding hydrogens is 265 g/mol. The van der Waals surface area contributed by atoms with E-state index in [-0.39, 0.29) is 5.82 Å². The van der Waals surface area contributed by atoms with Crippen LogP contribution in [0.1, 0.15) is 18.6 Å². The normalized spacial score (nSPS) is 12.6. The van der Waals surface area contributed by atoms with Gasteiger partial charge in [0.1, 0.15) is 5.82 Å². The van der Waals surface area contributed by atoms with Crippen molar-refractivity contribution in [1.29, 1.82) is 0 Å². The Morgan fingerprint density at radius 1 is 1.42 bits per heavy atom. The first-order valence-corrected chi connectivity index (χ1v) is 7.06. The van der Waals surface area contributed by atoms with E-state index in [4.69, 9.17) is 10.3 Å². The lowest BCUT2D eigenvalue weighted by molar-refractivity contribution is 0.356. The fraction of sp³-hybridized carbons (Fsp3) is 0.385. The van der Waals surface area contributed by atoms with Crippen LogP contribution in [0.3, 0.4) is 0 Å². The van der Waals surface area contributed by atoms with Gasteiger partial charge in [-0.25, -0.2) is 4.39 Å². The Morgan fingerprint density at radius 3 is 2.95 bits per heavy atom. The molecule has 1 atom stereocenters. The Labute approximate surface area is 115 Å². The summed E-state index contributed by atoms with van der Waals surface area (Å²) in [7, 11) is 0. The highest BCUT2D eigenvalue weighted by Crippen LogP contribution is 2.24. The van der Waals surface area contributed by atoms with E-state index in [0.717, 1.165) is 0 Å². The van der Waals surface area contributed by atoms with Crippen molar-refractivity contribution < 1.29 is 8.91 Å². The number of thioether (sulfide) groups is 1. The SMILES string of the molecule is CC(CN)Cc1nc(CSc2ccccc2F)no1. The molecule has 0 spiro atoms. The third kappa shape index (κ3) is 4.04. The molecule has 0 aliphatic rings. The molecule has 4 nitrogen and oxygen atoms in total. The van der Waals surface area contributed by atoms with Crippen LogP contribution in [0.25, 0.3) is 0 Å². The van der Waals surface area contributed by atoms with Crippen LogP contribution >= 0.6 is 11.8 Å². The number of benzene rings is 1. The summed E-state index contributed by atoms with van der Waals surface area (Å²) >= 11 is 1.35. The molecule has 0 fully saturated rings. The second-order valence-electron chi connectivity index (χ2n) is 4.37. The van der Waals surface area contributed by atoms with Gasteiger partial charge in [-0.1, -0.05) is 24.2 Å². The molecule has 1 unspecified atom stereocenters. The van der Waals surface area contributed by atoms with Crippen LogP contribution < -0.4 is 5.73 Å². The number of nitrogens with two attached hydrogens (primary N) is 1. The average molecular weight is 281 g/mol. The van der Waals surface area contributed by atoms with Crippen LogP contribution in [0.5, 0.6) is 0 Å². The fourth-order valence-corrected chi connectivity index (χ4v) is 2.30. The molecule has 1 aromatic heterocycles. The monoisotopic (exact) mass is 281 g/mol. The zero-order chi connectivity index (χ0) is 13.7. The Balaban J connectivity index is 1.92. The fourth-order valence-electron chi connectivity index (χ4n) is 1.52.